The maximum Gasteiger partial charge on any atom is 0.261 e. The van der Waals surface area contributed by atoms with Crippen LogP contribution in [0.4, 0.5) is 5.69 Å². The van der Waals surface area contributed by atoms with Crippen LogP contribution in [0.2, 0.25) is 0 Å². The van der Waals surface area contributed by atoms with E-state index in [2.05, 4.69) is 10.3 Å². The Morgan fingerprint density at radius 2 is 2.10 bits per heavy atom. The van der Waals surface area contributed by atoms with Gasteiger partial charge in [0, 0.05) is 11.7 Å². The molecule has 2 aromatic rings. The van der Waals surface area contributed by atoms with Gasteiger partial charge in [0.2, 0.25) is 5.91 Å². The Bertz CT molecular complexity index is 721. The number of benzene rings is 1. The minimum atomic E-state index is -0.264. The summed E-state index contributed by atoms with van der Waals surface area (Å²) >= 11 is 0. The lowest BCUT2D eigenvalue weighted by molar-refractivity contribution is -0.122. The highest BCUT2D eigenvalue weighted by molar-refractivity contribution is 5.81. The largest absolute Gasteiger partial charge is 0.399 e. The van der Waals surface area contributed by atoms with Crippen LogP contribution in [-0.4, -0.2) is 21.5 Å². The van der Waals surface area contributed by atoms with Crippen molar-refractivity contribution >= 4 is 22.5 Å². The summed E-state index contributed by atoms with van der Waals surface area (Å²) < 4.78 is 1.30. The van der Waals surface area contributed by atoms with Crippen LogP contribution in [0.5, 0.6) is 0 Å². The maximum absolute atomic E-state index is 12.3. The Kier molecular flexibility index (Phi) is 4.26. The first-order chi connectivity index (χ1) is 9.88. The molecule has 0 spiro atoms. The highest BCUT2D eigenvalue weighted by Crippen LogP contribution is 2.10. The molecule has 6 heteroatoms. The number of fused-ring (bicyclic) bond motifs is 1. The molecule has 0 saturated carbocycles. The van der Waals surface area contributed by atoms with Crippen molar-refractivity contribution in [2.24, 2.45) is 5.92 Å². The van der Waals surface area contributed by atoms with Gasteiger partial charge in [-0.25, -0.2) is 4.98 Å². The zero-order valence-corrected chi connectivity index (χ0v) is 12.5. The Morgan fingerprint density at radius 3 is 2.76 bits per heavy atom. The minimum Gasteiger partial charge on any atom is -0.399 e. The lowest BCUT2D eigenvalue weighted by atomic mass is 10.1. The van der Waals surface area contributed by atoms with E-state index in [1.807, 2.05) is 20.8 Å². The quantitative estimate of drug-likeness (QED) is 0.825. The molecule has 2 rings (SSSR count). The van der Waals surface area contributed by atoms with Crippen molar-refractivity contribution in [3.63, 3.8) is 0 Å². The van der Waals surface area contributed by atoms with E-state index in [1.165, 1.54) is 10.9 Å². The Labute approximate surface area is 123 Å². The molecular weight excluding hydrogens is 268 g/mol. The topological polar surface area (TPSA) is 90.0 Å². The van der Waals surface area contributed by atoms with Crippen LogP contribution < -0.4 is 16.6 Å². The summed E-state index contributed by atoms with van der Waals surface area (Å²) in [7, 11) is 0. The van der Waals surface area contributed by atoms with E-state index in [9.17, 15) is 9.59 Å². The summed E-state index contributed by atoms with van der Waals surface area (Å²) in [5.41, 5.74) is 6.49. The number of nitrogens with two attached hydrogens (primary N) is 1. The molecule has 0 aliphatic heterocycles. The smallest absolute Gasteiger partial charge is 0.261 e. The molecule has 21 heavy (non-hydrogen) atoms. The van der Waals surface area contributed by atoms with Gasteiger partial charge in [-0.1, -0.05) is 13.8 Å². The van der Waals surface area contributed by atoms with E-state index in [0.717, 1.165) is 0 Å². The van der Waals surface area contributed by atoms with Crippen LogP contribution in [0, 0.1) is 5.92 Å². The Balaban J connectivity index is 2.25. The second-order valence-electron chi connectivity index (χ2n) is 5.55. The van der Waals surface area contributed by atoms with E-state index in [1.54, 1.807) is 18.2 Å². The predicted molar refractivity (Wildman–Crippen MR) is 82.9 cm³/mol. The molecule has 1 heterocycles. The predicted octanol–water partition coefficient (Wildman–Crippen LogP) is 1.14. The first kappa shape index (κ1) is 15.0. The van der Waals surface area contributed by atoms with E-state index < -0.39 is 0 Å². The van der Waals surface area contributed by atoms with Gasteiger partial charge in [-0.3, -0.25) is 14.2 Å². The van der Waals surface area contributed by atoms with Crippen molar-refractivity contribution in [2.45, 2.75) is 33.4 Å². The first-order valence-corrected chi connectivity index (χ1v) is 6.92. The molecule has 0 saturated heterocycles. The van der Waals surface area contributed by atoms with Crippen molar-refractivity contribution in [3.8, 4) is 0 Å². The third-order valence-electron chi connectivity index (χ3n) is 3.55. The molecule has 112 valence electrons. The number of carbonyl (C=O) groups excluding carboxylic acids is 1. The van der Waals surface area contributed by atoms with Gasteiger partial charge in [0.25, 0.3) is 5.56 Å². The molecule has 1 unspecified atom stereocenters. The summed E-state index contributed by atoms with van der Waals surface area (Å²) in [6, 6.07) is 5.01. The van der Waals surface area contributed by atoms with E-state index in [4.69, 9.17) is 5.73 Å². The number of nitrogens with one attached hydrogen (secondary N) is 1. The van der Waals surface area contributed by atoms with Crippen LogP contribution >= 0.6 is 0 Å². The zero-order valence-electron chi connectivity index (χ0n) is 12.5. The van der Waals surface area contributed by atoms with Gasteiger partial charge in [0.05, 0.1) is 17.2 Å². The lowest BCUT2D eigenvalue weighted by Crippen LogP contribution is -2.39. The average molecular weight is 288 g/mol. The summed E-state index contributed by atoms with van der Waals surface area (Å²) in [6.45, 7) is 5.94. The number of amides is 1. The van der Waals surface area contributed by atoms with Gasteiger partial charge in [0.1, 0.15) is 6.54 Å². The number of hydrogen-bond donors (Lipinski definition) is 2. The van der Waals surface area contributed by atoms with Gasteiger partial charge in [-0.2, -0.15) is 0 Å². The van der Waals surface area contributed by atoms with Crippen LogP contribution in [-0.2, 0) is 11.3 Å². The van der Waals surface area contributed by atoms with Crippen molar-refractivity contribution in [2.75, 3.05) is 5.73 Å². The number of carbonyl (C=O) groups is 1. The second-order valence-corrected chi connectivity index (χ2v) is 5.55. The van der Waals surface area contributed by atoms with E-state index in [0.29, 0.717) is 22.5 Å². The molecule has 3 N–H and O–H groups in total. The highest BCUT2D eigenvalue weighted by Gasteiger charge is 2.12. The molecular formula is C15H20N4O2. The van der Waals surface area contributed by atoms with Gasteiger partial charge in [-0.15, -0.1) is 0 Å². The molecule has 1 aromatic carbocycles. The molecule has 0 aliphatic rings. The van der Waals surface area contributed by atoms with Gasteiger partial charge in [0.15, 0.2) is 0 Å². The third kappa shape index (κ3) is 3.39. The summed E-state index contributed by atoms with van der Waals surface area (Å²) in [6.07, 6.45) is 1.39. The lowest BCUT2D eigenvalue weighted by Gasteiger charge is -2.17. The maximum atomic E-state index is 12.3. The Hall–Kier alpha value is -2.37. The van der Waals surface area contributed by atoms with Crippen molar-refractivity contribution < 1.29 is 4.79 Å². The van der Waals surface area contributed by atoms with Crippen LogP contribution in [0.15, 0.2) is 29.3 Å². The molecule has 1 atom stereocenters. The molecule has 1 amide bonds. The van der Waals surface area contributed by atoms with Crippen LogP contribution in [0.25, 0.3) is 10.9 Å². The number of nitrogens with zero attached hydrogens (tertiary/aromatic N) is 2. The second kappa shape index (κ2) is 5.95. The molecule has 6 nitrogen and oxygen atoms in total. The van der Waals surface area contributed by atoms with Crippen molar-refractivity contribution in [3.05, 3.63) is 34.9 Å². The van der Waals surface area contributed by atoms with Crippen molar-refractivity contribution in [1.29, 1.82) is 0 Å². The van der Waals surface area contributed by atoms with Gasteiger partial charge < -0.3 is 11.1 Å². The molecule has 0 aliphatic carbocycles. The van der Waals surface area contributed by atoms with Gasteiger partial charge in [-0.05, 0) is 31.0 Å². The summed E-state index contributed by atoms with van der Waals surface area (Å²) in [5.74, 6) is 0.128. The van der Waals surface area contributed by atoms with Gasteiger partial charge >= 0.3 is 0 Å². The third-order valence-corrected chi connectivity index (χ3v) is 3.55. The fourth-order valence-corrected chi connectivity index (χ4v) is 1.91. The average Bonchev–Trinajstić information content (AvgIpc) is 2.42. The standard InChI is InChI=1S/C15H20N4O2/c1-9(2)10(3)18-14(20)7-19-8-17-13-5-4-11(16)6-12(13)15(19)21/h4-6,8-10H,7,16H2,1-3H3,(H,18,20). The number of rotatable bonds is 4. The van der Waals surface area contributed by atoms with E-state index in [-0.39, 0.29) is 24.1 Å². The van der Waals surface area contributed by atoms with Crippen LogP contribution in [0.3, 0.4) is 0 Å². The highest BCUT2D eigenvalue weighted by atomic mass is 16.2. The molecule has 1 aromatic heterocycles. The monoisotopic (exact) mass is 288 g/mol. The minimum absolute atomic E-state index is 0.0480. The zero-order chi connectivity index (χ0) is 15.6. The SMILES string of the molecule is CC(C)C(C)NC(=O)Cn1cnc2ccc(N)cc2c1=O. The normalized spacial score (nSPS) is 12.6. The number of hydrogen-bond acceptors (Lipinski definition) is 4. The molecule has 0 bridgehead atoms. The number of nitrogen functional groups attached to an aromatic ring is 1. The molecule has 0 radical (unpaired) electrons. The van der Waals surface area contributed by atoms with E-state index >= 15 is 0 Å². The first-order valence-electron chi connectivity index (χ1n) is 6.92. The fourth-order valence-electron chi connectivity index (χ4n) is 1.91. The summed E-state index contributed by atoms with van der Waals surface area (Å²) in [4.78, 5) is 28.5. The number of aromatic nitrogens is 2. The van der Waals surface area contributed by atoms with Crippen molar-refractivity contribution in [1.82, 2.24) is 14.9 Å². The van der Waals surface area contributed by atoms with Crippen LogP contribution in [0.1, 0.15) is 20.8 Å². The number of anilines is 1. The molecule has 0 fully saturated rings. The Morgan fingerprint density at radius 1 is 1.38 bits per heavy atom. The fraction of sp³-hybridized carbons (Fsp3) is 0.400. The summed E-state index contributed by atoms with van der Waals surface area (Å²) in [5, 5.41) is 3.28.